The van der Waals surface area contributed by atoms with E-state index in [4.69, 9.17) is 0 Å². The Labute approximate surface area is 129 Å². The van der Waals surface area contributed by atoms with E-state index in [1.165, 1.54) is 42.7 Å². The van der Waals surface area contributed by atoms with Crippen LogP contribution in [0.2, 0.25) is 0 Å². The molecule has 1 amide bonds. The Morgan fingerprint density at radius 2 is 1.83 bits per heavy atom. The highest BCUT2D eigenvalue weighted by atomic mass is 19.1. The number of phenolic OH excluding ortho intramolecular Hbond substituents is 1. The smallest absolute Gasteiger partial charge is 0.255 e. The normalized spacial score (nSPS) is 10.5. The predicted octanol–water partition coefficient (Wildman–Crippen LogP) is 3.11. The van der Waals surface area contributed by atoms with Crippen molar-refractivity contribution in [1.82, 2.24) is 9.78 Å². The van der Waals surface area contributed by atoms with Gasteiger partial charge in [-0.15, -0.1) is 0 Å². The van der Waals surface area contributed by atoms with Crippen LogP contribution in [0.25, 0.3) is 5.69 Å². The van der Waals surface area contributed by atoms with E-state index in [0.29, 0.717) is 0 Å². The van der Waals surface area contributed by atoms with Crippen LogP contribution in [0.3, 0.4) is 0 Å². The third-order valence-corrected chi connectivity index (χ3v) is 3.12. The molecular weight excluding hydrogens is 304 g/mol. The lowest BCUT2D eigenvalue weighted by Crippen LogP contribution is -2.11. The Balaban J connectivity index is 1.84. The number of aromatic hydroxyl groups is 1. The number of benzene rings is 2. The van der Waals surface area contributed by atoms with Crippen molar-refractivity contribution in [1.29, 1.82) is 0 Å². The molecule has 2 N–H and O–H groups in total. The average Bonchev–Trinajstić information content (AvgIpc) is 2.95. The van der Waals surface area contributed by atoms with Crippen molar-refractivity contribution in [3.8, 4) is 11.4 Å². The molecule has 1 aromatic heterocycles. The van der Waals surface area contributed by atoms with Gasteiger partial charge in [0, 0.05) is 5.56 Å². The molecule has 0 unspecified atom stereocenters. The first-order valence-corrected chi connectivity index (χ1v) is 6.64. The standard InChI is InChI=1S/C16H11F2N3O2/c17-13-5-2-6-14(18)15(13)21-9-11(8-19-21)20-16(23)10-3-1-4-12(22)7-10/h1-9,22H,(H,20,23). The fourth-order valence-electron chi connectivity index (χ4n) is 2.07. The van der Waals surface area contributed by atoms with Gasteiger partial charge in [0.25, 0.3) is 5.91 Å². The molecule has 7 heteroatoms. The van der Waals surface area contributed by atoms with Crippen LogP contribution in [0.1, 0.15) is 10.4 Å². The number of para-hydroxylation sites is 1. The first kappa shape index (κ1) is 14.7. The number of aromatic nitrogens is 2. The maximum absolute atomic E-state index is 13.7. The molecule has 3 rings (SSSR count). The summed E-state index contributed by atoms with van der Waals surface area (Å²) < 4.78 is 28.4. The highest BCUT2D eigenvalue weighted by Gasteiger charge is 2.13. The summed E-state index contributed by atoms with van der Waals surface area (Å²) in [5, 5.41) is 15.7. The van der Waals surface area contributed by atoms with Gasteiger partial charge in [-0.05, 0) is 30.3 Å². The molecule has 0 aliphatic heterocycles. The molecule has 116 valence electrons. The van der Waals surface area contributed by atoms with Crippen LogP contribution in [-0.2, 0) is 0 Å². The number of carbonyl (C=O) groups excluding carboxylic acids is 1. The third-order valence-electron chi connectivity index (χ3n) is 3.12. The first-order chi connectivity index (χ1) is 11.0. The molecule has 0 saturated heterocycles. The molecule has 0 fully saturated rings. The maximum Gasteiger partial charge on any atom is 0.255 e. The van der Waals surface area contributed by atoms with Crippen molar-refractivity contribution in [2.45, 2.75) is 0 Å². The van der Waals surface area contributed by atoms with Crippen LogP contribution in [0.4, 0.5) is 14.5 Å². The summed E-state index contributed by atoms with van der Waals surface area (Å²) in [6.07, 6.45) is 2.56. The number of nitrogens with one attached hydrogen (secondary N) is 1. The van der Waals surface area contributed by atoms with E-state index in [1.54, 1.807) is 0 Å². The molecule has 0 aliphatic carbocycles. The second-order valence-electron chi connectivity index (χ2n) is 4.75. The van der Waals surface area contributed by atoms with E-state index in [1.807, 2.05) is 0 Å². The number of carbonyl (C=O) groups is 1. The van der Waals surface area contributed by atoms with Gasteiger partial charge in [0.1, 0.15) is 11.4 Å². The summed E-state index contributed by atoms with van der Waals surface area (Å²) in [6, 6.07) is 9.28. The third kappa shape index (κ3) is 3.03. The summed E-state index contributed by atoms with van der Waals surface area (Å²) in [6.45, 7) is 0. The minimum absolute atomic E-state index is 0.0400. The lowest BCUT2D eigenvalue weighted by Gasteiger charge is -2.04. The largest absolute Gasteiger partial charge is 0.508 e. The minimum atomic E-state index is -0.765. The van der Waals surface area contributed by atoms with Crippen LogP contribution < -0.4 is 5.32 Å². The van der Waals surface area contributed by atoms with E-state index in [9.17, 15) is 18.7 Å². The number of nitrogens with zero attached hydrogens (tertiary/aromatic N) is 2. The molecule has 2 aromatic carbocycles. The SMILES string of the molecule is O=C(Nc1cnn(-c2c(F)cccc2F)c1)c1cccc(O)c1. The number of hydrogen-bond donors (Lipinski definition) is 2. The second-order valence-corrected chi connectivity index (χ2v) is 4.75. The van der Waals surface area contributed by atoms with Crippen LogP contribution in [0.5, 0.6) is 5.75 Å². The van der Waals surface area contributed by atoms with Gasteiger partial charge in [0.15, 0.2) is 11.6 Å². The Hall–Kier alpha value is -3.22. The van der Waals surface area contributed by atoms with Gasteiger partial charge in [0.05, 0.1) is 18.1 Å². The van der Waals surface area contributed by atoms with Gasteiger partial charge < -0.3 is 10.4 Å². The molecule has 0 radical (unpaired) electrons. The molecular formula is C16H11F2N3O2. The Morgan fingerprint density at radius 1 is 1.13 bits per heavy atom. The van der Waals surface area contributed by atoms with Gasteiger partial charge in [-0.25, -0.2) is 13.5 Å². The summed E-state index contributed by atoms with van der Waals surface area (Å²) in [7, 11) is 0. The van der Waals surface area contributed by atoms with Gasteiger partial charge in [0.2, 0.25) is 0 Å². The summed E-state index contributed by atoms with van der Waals surface area (Å²) in [4.78, 5) is 12.0. The molecule has 5 nitrogen and oxygen atoms in total. The number of amides is 1. The predicted molar refractivity (Wildman–Crippen MR) is 79.5 cm³/mol. The molecule has 23 heavy (non-hydrogen) atoms. The van der Waals surface area contributed by atoms with E-state index in [2.05, 4.69) is 10.4 Å². The monoisotopic (exact) mass is 315 g/mol. The summed E-state index contributed by atoms with van der Waals surface area (Å²) in [5.41, 5.74) is 0.182. The lowest BCUT2D eigenvalue weighted by atomic mass is 10.2. The molecule has 0 atom stereocenters. The van der Waals surface area contributed by atoms with E-state index in [-0.39, 0.29) is 22.7 Å². The zero-order valence-electron chi connectivity index (χ0n) is 11.7. The fraction of sp³-hybridized carbons (Fsp3) is 0. The summed E-state index contributed by atoms with van der Waals surface area (Å²) >= 11 is 0. The molecule has 0 saturated carbocycles. The highest BCUT2D eigenvalue weighted by molar-refractivity contribution is 6.04. The molecule has 0 aliphatic rings. The first-order valence-electron chi connectivity index (χ1n) is 6.64. The number of rotatable bonds is 3. The Bertz CT molecular complexity index is 857. The Morgan fingerprint density at radius 3 is 2.52 bits per heavy atom. The zero-order valence-corrected chi connectivity index (χ0v) is 11.7. The van der Waals surface area contributed by atoms with Crippen LogP contribution in [-0.4, -0.2) is 20.8 Å². The second kappa shape index (κ2) is 5.88. The van der Waals surface area contributed by atoms with Crippen molar-refractivity contribution in [3.63, 3.8) is 0 Å². The number of hydrogen-bond acceptors (Lipinski definition) is 3. The van der Waals surface area contributed by atoms with Crippen LogP contribution >= 0.6 is 0 Å². The van der Waals surface area contributed by atoms with Crippen molar-refractivity contribution >= 4 is 11.6 Å². The number of halogens is 2. The van der Waals surface area contributed by atoms with Crippen molar-refractivity contribution in [2.75, 3.05) is 5.32 Å². The van der Waals surface area contributed by atoms with Gasteiger partial charge in [-0.3, -0.25) is 4.79 Å². The van der Waals surface area contributed by atoms with E-state index in [0.717, 1.165) is 16.8 Å². The number of phenols is 1. The van der Waals surface area contributed by atoms with Crippen LogP contribution in [0.15, 0.2) is 54.9 Å². The fourth-order valence-corrected chi connectivity index (χ4v) is 2.07. The van der Waals surface area contributed by atoms with Gasteiger partial charge >= 0.3 is 0 Å². The van der Waals surface area contributed by atoms with Crippen molar-refractivity contribution in [3.05, 3.63) is 72.1 Å². The molecule has 3 aromatic rings. The van der Waals surface area contributed by atoms with Crippen molar-refractivity contribution < 1.29 is 18.7 Å². The number of anilines is 1. The van der Waals surface area contributed by atoms with Gasteiger partial charge in [-0.1, -0.05) is 12.1 Å². The molecule has 0 bridgehead atoms. The average molecular weight is 315 g/mol. The van der Waals surface area contributed by atoms with E-state index < -0.39 is 17.5 Å². The summed E-state index contributed by atoms with van der Waals surface area (Å²) in [5.74, 6) is -2.05. The van der Waals surface area contributed by atoms with Crippen molar-refractivity contribution in [2.24, 2.45) is 0 Å². The zero-order chi connectivity index (χ0) is 16.4. The topological polar surface area (TPSA) is 67.2 Å². The molecule has 0 spiro atoms. The Kier molecular flexibility index (Phi) is 3.76. The highest BCUT2D eigenvalue weighted by Crippen LogP contribution is 2.19. The quantitative estimate of drug-likeness (QED) is 0.780. The lowest BCUT2D eigenvalue weighted by molar-refractivity contribution is 0.102. The maximum atomic E-state index is 13.7. The van der Waals surface area contributed by atoms with Gasteiger partial charge in [-0.2, -0.15) is 5.10 Å². The minimum Gasteiger partial charge on any atom is -0.508 e. The van der Waals surface area contributed by atoms with E-state index >= 15 is 0 Å². The van der Waals surface area contributed by atoms with Crippen LogP contribution in [0, 0.1) is 11.6 Å². The molecule has 1 heterocycles.